The Bertz CT molecular complexity index is 1890. The van der Waals surface area contributed by atoms with Crippen molar-refractivity contribution in [1.29, 1.82) is 0 Å². The number of aromatic nitrogens is 1. The first kappa shape index (κ1) is 30.2. The van der Waals surface area contributed by atoms with Crippen LogP contribution in [0.3, 0.4) is 0 Å². The Labute approximate surface area is 263 Å². The number of halogens is 2. The number of rotatable bonds is 9. The lowest BCUT2D eigenvalue weighted by atomic mass is 10.1. The smallest absolute Gasteiger partial charge is 0.341 e. The predicted octanol–water partition coefficient (Wildman–Crippen LogP) is 5.48. The van der Waals surface area contributed by atoms with Crippen molar-refractivity contribution in [2.75, 3.05) is 42.9 Å². The van der Waals surface area contributed by atoms with Crippen molar-refractivity contribution in [2.45, 2.75) is 18.9 Å². The van der Waals surface area contributed by atoms with E-state index in [0.29, 0.717) is 53.7 Å². The fourth-order valence-corrected chi connectivity index (χ4v) is 5.75. The Morgan fingerprint density at radius 2 is 1.71 bits per heavy atom. The van der Waals surface area contributed by atoms with Crippen molar-refractivity contribution in [1.82, 2.24) is 9.47 Å². The summed E-state index contributed by atoms with van der Waals surface area (Å²) in [6, 6.07) is 16.8. The Kier molecular flexibility index (Phi) is 8.51. The maximum atomic E-state index is 15.3. The van der Waals surface area contributed by atoms with Gasteiger partial charge in [0.05, 0.1) is 17.7 Å². The second-order valence-electron chi connectivity index (χ2n) is 11.2. The van der Waals surface area contributed by atoms with Crippen molar-refractivity contribution < 1.29 is 23.9 Å². The Morgan fingerprint density at radius 1 is 1.00 bits per heavy atom. The molecule has 45 heavy (non-hydrogen) atoms. The van der Waals surface area contributed by atoms with Gasteiger partial charge < -0.3 is 19.9 Å². The molecule has 1 aliphatic carbocycles. The average Bonchev–Trinajstić information content (AvgIpc) is 3.87. The summed E-state index contributed by atoms with van der Waals surface area (Å²) in [5, 5.41) is 12.9. The van der Waals surface area contributed by atoms with E-state index < -0.39 is 17.2 Å². The third-order valence-corrected chi connectivity index (χ3v) is 8.47. The first-order chi connectivity index (χ1) is 21.7. The standard InChI is InChI=1S/C34H30ClFN4O5/c35-27-4-2-1-3-21(27)7-12-31(41)22-5-8-23(9-6-22)37-32(42)20-38-13-15-39(16-14-38)30-18-29-25(17-28(30)36)33(43)26(34(44)45)19-40(29)24-10-11-24/h1-9,12,17-19,24H,10-11,13-16,20H2,(H,37,42)(H,44,45)/b12-7+. The molecule has 2 aliphatic rings. The van der Waals surface area contributed by atoms with Gasteiger partial charge in [-0.15, -0.1) is 0 Å². The number of ketones is 1. The summed E-state index contributed by atoms with van der Waals surface area (Å²) < 4.78 is 17.1. The normalized spacial score (nSPS) is 15.5. The number of amides is 1. The molecule has 2 fully saturated rings. The summed E-state index contributed by atoms with van der Waals surface area (Å²) in [4.78, 5) is 53.6. The zero-order chi connectivity index (χ0) is 31.7. The fourth-order valence-electron chi connectivity index (χ4n) is 5.55. The number of carboxylic acids is 1. The molecule has 11 heteroatoms. The number of hydrogen-bond acceptors (Lipinski definition) is 6. The molecule has 230 valence electrons. The molecule has 1 aliphatic heterocycles. The average molecular weight is 629 g/mol. The van der Waals surface area contributed by atoms with Crippen LogP contribution < -0.4 is 15.6 Å². The maximum Gasteiger partial charge on any atom is 0.341 e. The molecule has 1 saturated heterocycles. The van der Waals surface area contributed by atoms with E-state index in [1.807, 2.05) is 28.0 Å². The molecule has 1 aromatic heterocycles. The topological polar surface area (TPSA) is 112 Å². The minimum Gasteiger partial charge on any atom is -0.477 e. The van der Waals surface area contributed by atoms with E-state index in [9.17, 15) is 24.3 Å². The second-order valence-corrected chi connectivity index (χ2v) is 11.7. The molecular weight excluding hydrogens is 599 g/mol. The second kappa shape index (κ2) is 12.7. The molecule has 0 atom stereocenters. The molecule has 0 unspecified atom stereocenters. The predicted molar refractivity (Wildman–Crippen MR) is 172 cm³/mol. The molecule has 0 spiro atoms. The Balaban J connectivity index is 1.05. The van der Waals surface area contributed by atoms with Gasteiger partial charge in [-0.3, -0.25) is 19.3 Å². The first-order valence-corrected chi connectivity index (χ1v) is 15.0. The summed E-state index contributed by atoms with van der Waals surface area (Å²) >= 11 is 6.14. The molecular formula is C34H30ClFN4O5. The van der Waals surface area contributed by atoms with Gasteiger partial charge in [0.2, 0.25) is 11.3 Å². The number of carbonyl (C=O) groups excluding carboxylic acids is 2. The van der Waals surface area contributed by atoms with Crippen LogP contribution in [0.15, 0.2) is 77.7 Å². The van der Waals surface area contributed by atoms with Gasteiger partial charge in [0.15, 0.2) is 5.78 Å². The minimum absolute atomic E-state index is 0.0596. The van der Waals surface area contributed by atoms with Crippen LogP contribution in [0.4, 0.5) is 15.8 Å². The monoisotopic (exact) mass is 628 g/mol. The van der Waals surface area contributed by atoms with Crippen LogP contribution in [0.1, 0.15) is 45.2 Å². The molecule has 6 rings (SSSR count). The summed E-state index contributed by atoms with van der Waals surface area (Å²) in [5.74, 6) is -2.31. The summed E-state index contributed by atoms with van der Waals surface area (Å²) in [5.41, 5.74) is 1.60. The van der Waals surface area contributed by atoms with Crippen molar-refractivity contribution in [3.8, 4) is 0 Å². The fraction of sp³-hybridized carbons (Fsp3) is 0.235. The molecule has 0 bridgehead atoms. The number of nitrogens with zero attached hydrogens (tertiary/aromatic N) is 3. The minimum atomic E-state index is -1.33. The van der Waals surface area contributed by atoms with Crippen LogP contribution in [0.5, 0.6) is 0 Å². The number of piperazine rings is 1. The third-order valence-electron chi connectivity index (χ3n) is 8.12. The molecule has 1 amide bonds. The van der Waals surface area contributed by atoms with Crippen molar-refractivity contribution in [3.63, 3.8) is 0 Å². The van der Waals surface area contributed by atoms with Gasteiger partial charge >= 0.3 is 5.97 Å². The zero-order valence-electron chi connectivity index (χ0n) is 24.2. The van der Waals surface area contributed by atoms with Gasteiger partial charge in [-0.25, -0.2) is 9.18 Å². The van der Waals surface area contributed by atoms with Crippen LogP contribution >= 0.6 is 11.6 Å². The molecule has 9 nitrogen and oxygen atoms in total. The van der Waals surface area contributed by atoms with E-state index in [1.54, 1.807) is 47.0 Å². The lowest BCUT2D eigenvalue weighted by molar-refractivity contribution is -0.117. The number of hydrogen-bond donors (Lipinski definition) is 2. The van der Waals surface area contributed by atoms with Crippen LogP contribution in [-0.2, 0) is 4.79 Å². The van der Waals surface area contributed by atoms with E-state index in [2.05, 4.69) is 5.32 Å². The van der Waals surface area contributed by atoms with Gasteiger partial charge in [-0.05, 0) is 73.0 Å². The van der Waals surface area contributed by atoms with Crippen molar-refractivity contribution >= 4 is 57.6 Å². The van der Waals surface area contributed by atoms with Gasteiger partial charge in [-0.1, -0.05) is 29.8 Å². The Morgan fingerprint density at radius 3 is 2.38 bits per heavy atom. The van der Waals surface area contributed by atoms with Crippen molar-refractivity contribution in [3.05, 3.63) is 111 Å². The van der Waals surface area contributed by atoms with Gasteiger partial charge in [0, 0.05) is 60.1 Å². The van der Waals surface area contributed by atoms with Gasteiger partial charge in [0.1, 0.15) is 11.4 Å². The molecule has 2 N–H and O–H groups in total. The van der Waals surface area contributed by atoms with Crippen LogP contribution in [0.2, 0.25) is 5.02 Å². The quantitative estimate of drug-likeness (QED) is 0.186. The SMILES string of the molecule is O=C(CN1CCN(c2cc3c(cc2F)c(=O)c(C(=O)O)cn3C2CC2)CC1)Nc1ccc(C(=O)/C=C/c2ccccc2Cl)cc1. The van der Waals surface area contributed by atoms with Crippen LogP contribution in [0, 0.1) is 5.82 Å². The summed E-state index contributed by atoms with van der Waals surface area (Å²) in [7, 11) is 0. The number of nitrogens with one attached hydrogen (secondary N) is 1. The largest absolute Gasteiger partial charge is 0.477 e. The zero-order valence-corrected chi connectivity index (χ0v) is 25.0. The highest BCUT2D eigenvalue weighted by Crippen LogP contribution is 2.38. The molecule has 1 saturated carbocycles. The molecule has 3 aromatic carbocycles. The van der Waals surface area contributed by atoms with E-state index >= 15 is 4.39 Å². The highest BCUT2D eigenvalue weighted by molar-refractivity contribution is 6.32. The lowest BCUT2D eigenvalue weighted by Crippen LogP contribution is -2.49. The Hall–Kier alpha value is -4.80. The lowest BCUT2D eigenvalue weighted by Gasteiger charge is -2.36. The number of fused-ring (bicyclic) bond motifs is 1. The first-order valence-electron chi connectivity index (χ1n) is 14.6. The van der Waals surface area contributed by atoms with E-state index in [0.717, 1.165) is 24.5 Å². The van der Waals surface area contributed by atoms with E-state index in [-0.39, 0.29) is 35.2 Å². The number of carbonyl (C=O) groups is 3. The number of allylic oxidation sites excluding steroid dienone is 1. The molecule has 2 heterocycles. The molecule has 4 aromatic rings. The number of carboxylic acid groups (broad SMARTS) is 1. The summed E-state index contributed by atoms with van der Waals surface area (Å²) in [6.07, 6.45) is 6.23. The van der Waals surface area contributed by atoms with Gasteiger partial charge in [0.25, 0.3) is 0 Å². The number of aromatic carboxylic acids is 1. The van der Waals surface area contributed by atoms with Crippen LogP contribution in [-0.4, -0.2) is 65.0 Å². The number of benzene rings is 3. The van der Waals surface area contributed by atoms with E-state index in [1.165, 1.54) is 12.3 Å². The van der Waals surface area contributed by atoms with Gasteiger partial charge in [-0.2, -0.15) is 0 Å². The highest BCUT2D eigenvalue weighted by atomic mass is 35.5. The highest BCUT2D eigenvalue weighted by Gasteiger charge is 2.29. The number of anilines is 2. The number of pyridine rings is 1. The summed E-state index contributed by atoms with van der Waals surface area (Å²) in [6.45, 7) is 2.12. The third kappa shape index (κ3) is 6.67. The van der Waals surface area contributed by atoms with Crippen LogP contribution in [0.25, 0.3) is 17.0 Å². The van der Waals surface area contributed by atoms with Crippen molar-refractivity contribution in [2.24, 2.45) is 0 Å². The maximum absolute atomic E-state index is 15.3. The molecule has 0 radical (unpaired) electrons. The van der Waals surface area contributed by atoms with E-state index in [4.69, 9.17) is 11.6 Å².